The molecule has 0 aliphatic rings. The van der Waals surface area contributed by atoms with Gasteiger partial charge in [0, 0.05) is 6.54 Å². The largest absolute Gasteiger partial charge is 0.480 e. The van der Waals surface area contributed by atoms with E-state index in [1.807, 2.05) is 10.0 Å². The van der Waals surface area contributed by atoms with Gasteiger partial charge in [-0.15, -0.1) is 0 Å². The van der Waals surface area contributed by atoms with E-state index in [9.17, 15) is 22.8 Å². The highest BCUT2D eigenvalue weighted by molar-refractivity contribution is 7.89. The minimum Gasteiger partial charge on any atom is -0.480 e. The molecule has 0 saturated heterocycles. The first-order valence-electron chi connectivity index (χ1n) is 5.14. The first-order valence-corrected chi connectivity index (χ1v) is 6.80. The molecule has 0 radical (unpaired) electrons. The van der Waals surface area contributed by atoms with Crippen LogP contribution in [0.5, 0.6) is 0 Å². The predicted molar refractivity (Wildman–Crippen MR) is 64.6 cm³/mol. The van der Waals surface area contributed by atoms with Crippen LogP contribution < -0.4 is 21.1 Å². The zero-order valence-electron chi connectivity index (χ0n) is 10.2. The third-order valence-corrected chi connectivity index (χ3v) is 3.34. The summed E-state index contributed by atoms with van der Waals surface area (Å²) in [6, 6.07) is -2.36. The van der Waals surface area contributed by atoms with Gasteiger partial charge in [-0.25, -0.2) is 22.7 Å². The van der Waals surface area contributed by atoms with Crippen LogP contribution in [0.1, 0.15) is 6.42 Å². The van der Waals surface area contributed by atoms with Crippen LogP contribution in [0.25, 0.3) is 0 Å². The Labute approximate surface area is 109 Å². The number of nitrogens with one attached hydrogen (secondary N) is 3. The summed E-state index contributed by atoms with van der Waals surface area (Å²) in [5, 5.41) is 12.8. The molecule has 0 aromatic heterocycles. The molecule has 0 rings (SSSR count). The van der Waals surface area contributed by atoms with E-state index < -0.39 is 40.4 Å². The second-order valence-electron chi connectivity index (χ2n) is 3.48. The normalized spacial score (nSPS) is 12.5. The van der Waals surface area contributed by atoms with Gasteiger partial charge in [0.1, 0.15) is 6.04 Å². The van der Waals surface area contributed by atoms with Crippen molar-refractivity contribution in [3.05, 3.63) is 0 Å². The van der Waals surface area contributed by atoms with Gasteiger partial charge in [0.15, 0.2) is 0 Å². The average molecular weight is 296 g/mol. The Morgan fingerprint density at radius 1 is 1.32 bits per heavy atom. The summed E-state index contributed by atoms with van der Waals surface area (Å²) in [5.74, 6) is -2.66. The van der Waals surface area contributed by atoms with E-state index in [1.165, 1.54) is 7.05 Å². The molecule has 3 amide bonds. The van der Waals surface area contributed by atoms with Crippen LogP contribution in [0.2, 0.25) is 0 Å². The number of hydrogen-bond donors (Lipinski definition) is 5. The van der Waals surface area contributed by atoms with Crippen molar-refractivity contribution in [2.24, 2.45) is 5.73 Å². The number of hydrogen-bond acceptors (Lipinski definition) is 5. The topological polar surface area (TPSA) is 168 Å². The molecule has 10 nitrogen and oxygen atoms in total. The Morgan fingerprint density at radius 2 is 1.89 bits per heavy atom. The molecule has 0 saturated carbocycles. The van der Waals surface area contributed by atoms with Crippen LogP contribution in [-0.2, 0) is 19.6 Å². The predicted octanol–water partition coefficient (Wildman–Crippen LogP) is -2.84. The number of carboxylic acid groups (broad SMARTS) is 1. The highest BCUT2D eigenvalue weighted by Gasteiger charge is 2.22. The summed E-state index contributed by atoms with van der Waals surface area (Å²) in [6.07, 6.45) is -0.558. The fraction of sp³-hybridized carbons (Fsp3) is 0.625. The van der Waals surface area contributed by atoms with Gasteiger partial charge < -0.3 is 21.5 Å². The summed E-state index contributed by atoms with van der Waals surface area (Å²) in [7, 11) is -2.24. The lowest BCUT2D eigenvalue weighted by Gasteiger charge is -2.13. The quantitative estimate of drug-likeness (QED) is 0.323. The molecule has 1 atom stereocenters. The molecule has 11 heteroatoms. The van der Waals surface area contributed by atoms with Gasteiger partial charge in [0.05, 0.1) is 12.2 Å². The van der Waals surface area contributed by atoms with Gasteiger partial charge >= 0.3 is 12.0 Å². The van der Waals surface area contributed by atoms with Gasteiger partial charge in [0.2, 0.25) is 15.9 Å². The van der Waals surface area contributed by atoms with Gasteiger partial charge in [-0.3, -0.25) is 4.79 Å². The van der Waals surface area contributed by atoms with Gasteiger partial charge in [-0.2, -0.15) is 0 Å². The van der Waals surface area contributed by atoms with Gasteiger partial charge in [0.25, 0.3) is 0 Å². The fourth-order valence-electron chi connectivity index (χ4n) is 1.01. The minimum atomic E-state index is -3.46. The zero-order chi connectivity index (χ0) is 15.1. The van der Waals surface area contributed by atoms with Crippen LogP contribution in [0.4, 0.5) is 4.79 Å². The number of sulfonamides is 1. The van der Waals surface area contributed by atoms with Crippen LogP contribution in [-0.4, -0.2) is 56.8 Å². The van der Waals surface area contributed by atoms with Gasteiger partial charge in [-0.05, 0) is 7.05 Å². The Hall–Kier alpha value is -1.88. The molecule has 0 spiro atoms. The number of carbonyl (C=O) groups excluding carboxylic acids is 2. The molecule has 0 aliphatic heterocycles. The smallest absolute Gasteiger partial charge is 0.326 e. The number of carbonyl (C=O) groups is 3. The Bertz CT molecular complexity index is 448. The fourth-order valence-corrected chi connectivity index (χ4v) is 1.59. The Morgan fingerprint density at radius 3 is 2.32 bits per heavy atom. The lowest BCUT2D eigenvalue weighted by atomic mass is 10.2. The molecule has 0 bridgehead atoms. The molecular formula is C8H16N4O6S. The second kappa shape index (κ2) is 7.53. The van der Waals surface area contributed by atoms with Crippen molar-refractivity contribution in [3.8, 4) is 0 Å². The molecule has 0 aromatic carbocycles. The summed E-state index contributed by atoms with van der Waals surface area (Å²) in [6.45, 7) is -0.210. The SMILES string of the molecule is CNS(=O)(=O)CCNC(=O)N[C@@H](CC(N)=O)C(=O)O. The lowest BCUT2D eigenvalue weighted by Crippen LogP contribution is -2.48. The molecule has 6 N–H and O–H groups in total. The van der Waals surface area contributed by atoms with Crippen molar-refractivity contribution in [1.82, 2.24) is 15.4 Å². The van der Waals surface area contributed by atoms with Crippen molar-refractivity contribution in [3.63, 3.8) is 0 Å². The maximum absolute atomic E-state index is 11.3. The molecule has 0 fully saturated rings. The molecule has 0 heterocycles. The van der Waals surface area contributed by atoms with Crippen LogP contribution in [0.15, 0.2) is 0 Å². The van der Waals surface area contributed by atoms with Crippen molar-refractivity contribution < 1.29 is 27.9 Å². The standard InChI is InChI=1S/C8H16N4O6S/c1-10-19(17,18)3-2-11-8(16)12-5(7(14)15)4-6(9)13/h5,10H,2-4H2,1H3,(H2,9,13)(H,14,15)(H2,11,12,16)/t5-/m0/s1. The first kappa shape index (κ1) is 17.1. The number of primary amides is 1. The number of nitrogens with two attached hydrogens (primary N) is 1. The molecule has 0 aromatic rings. The van der Waals surface area contributed by atoms with E-state index in [0.29, 0.717) is 0 Å². The first-order chi connectivity index (χ1) is 8.68. The van der Waals surface area contributed by atoms with E-state index in [1.54, 1.807) is 0 Å². The number of rotatable bonds is 8. The van der Waals surface area contributed by atoms with E-state index in [4.69, 9.17) is 10.8 Å². The van der Waals surface area contributed by atoms with E-state index in [2.05, 4.69) is 5.32 Å². The summed E-state index contributed by atoms with van der Waals surface area (Å²) in [5.41, 5.74) is 4.82. The summed E-state index contributed by atoms with van der Waals surface area (Å²) < 4.78 is 24.1. The molecular weight excluding hydrogens is 280 g/mol. The van der Waals surface area contributed by atoms with E-state index in [0.717, 1.165) is 0 Å². The number of aliphatic carboxylic acids is 1. The Kier molecular flexibility index (Phi) is 6.79. The average Bonchev–Trinajstić information content (AvgIpc) is 2.27. The van der Waals surface area contributed by atoms with Crippen molar-refractivity contribution >= 4 is 27.9 Å². The highest BCUT2D eigenvalue weighted by Crippen LogP contribution is 1.91. The van der Waals surface area contributed by atoms with Crippen molar-refractivity contribution in [2.45, 2.75) is 12.5 Å². The maximum atomic E-state index is 11.3. The number of carboxylic acids is 1. The third-order valence-electron chi connectivity index (χ3n) is 1.98. The molecule has 0 unspecified atom stereocenters. The molecule has 0 aliphatic carbocycles. The van der Waals surface area contributed by atoms with Crippen LogP contribution in [0.3, 0.4) is 0 Å². The zero-order valence-corrected chi connectivity index (χ0v) is 11.0. The van der Waals surface area contributed by atoms with E-state index >= 15 is 0 Å². The molecule has 19 heavy (non-hydrogen) atoms. The summed E-state index contributed by atoms with van der Waals surface area (Å²) >= 11 is 0. The van der Waals surface area contributed by atoms with Crippen molar-refractivity contribution in [2.75, 3.05) is 19.3 Å². The second-order valence-corrected chi connectivity index (χ2v) is 5.53. The highest BCUT2D eigenvalue weighted by atomic mass is 32.2. The Balaban J connectivity index is 4.21. The van der Waals surface area contributed by atoms with Crippen LogP contribution in [0, 0.1) is 0 Å². The van der Waals surface area contributed by atoms with Gasteiger partial charge in [-0.1, -0.05) is 0 Å². The van der Waals surface area contributed by atoms with Crippen LogP contribution >= 0.6 is 0 Å². The lowest BCUT2D eigenvalue weighted by molar-refractivity contribution is -0.140. The number of amides is 3. The van der Waals surface area contributed by atoms with E-state index in [-0.39, 0.29) is 12.3 Å². The minimum absolute atomic E-state index is 0.210. The molecule has 110 valence electrons. The monoisotopic (exact) mass is 296 g/mol. The third kappa shape index (κ3) is 7.94. The summed E-state index contributed by atoms with van der Waals surface area (Å²) in [4.78, 5) is 32.5. The van der Waals surface area contributed by atoms with Crippen molar-refractivity contribution in [1.29, 1.82) is 0 Å². The maximum Gasteiger partial charge on any atom is 0.326 e. The number of urea groups is 1.